The van der Waals surface area contributed by atoms with E-state index in [-0.39, 0.29) is 17.7 Å². The van der Waals surface area contributed by atoms with Crippen LogP contribution in [0.3, 0.4) is 0 Å². The monoisotopic (exact) mass is 678 g/mol. The molecule has 1 saturated heterocycles. The van der Waals surface area contributed by atoms with Crippen molar-refractivity contribution in [2.24, 2.45) is 5.92 Å². The predicted molar refractivity (Wildman–Crippen MR) is 195 cm³/mol. The second-order valence-corrected chi connectivity index (χ2v) is 15.3. The fraction of sp³-hybridized carbons (Fsp3) is 0.512. The van der Waals surface area contributed by atoms with Crippen molar-refractivity contribution in [3.63, 3.8) is 0 Å². The Kier molecular flexibility index (Phi) is 9.84. The van der Waals surface area contributed by atoms with Gasteiger partial charge in [-0.3, -0.25) is 14.4 Å². The van der Waals surface area contributed by atoms with Crippen molar-refractivity contribution < 1.29 is 24.3 Å². The number of anilines is 1. The molecule has 7 rings (SSSR count). The Morgan fingerprint density at radius 3 is 2.22 bits per heavy atom. The maximum atomic E-state index is 14.1. The number of fused-ring (bicyclic) bond motifs is 1. The zero-order valence-electron chi connectivity index (χ0n) is 29.2. The van der Waals surface area contributed by atoms with Crippen LogP contribution in [-0.2, 0) is 20.9 Å². The zero-order valence-corrected chi connectivity index (χ0v) is 29.2. The molecule has 0 radical (unpaired) electrons. The summed E-state index contributed by atoms with van der Waals surface area (Å²) in [6.45, 7) is 4.16. The summed E-state index contributed by atoms with van der Waals surface area (Å²) in [5.74, 6) is 0.176. The number of amides is 3. The summed E-state index contributed by atoms with van der Waals surface area (Å²) in [5, 5.41) is 16.2. The van der Waals surface area contributed by atoms with Crippen LogP contribution in [0.4, 0.5) is 5.69 Å². The lowest BCUT2D eigenvalue weighted by atomic mass is 9.82. The third-order valence-electron chi connectivity index (χ3n) is 11.6. The topological polar surface area (TPSA) is 121 Å². The van der Waals surface area contributed by atoms with Crippen LogP contribution >= 0.6 is 0 Å². The smallest absolute Gasteiger partial charge is 0.328 e. The highest BCUT2D eigenvalue weighted by Crippen LogP contribution is 2.50. The fourth-order valence-corrected chi connectivity index (χ4v) is 8.59. The van der Waals surface area contributed by atoms with Gasteiger partial charge in [-0.25, -0.2) is 4.79 Å². The molecule has 1 aliphatic heterocycles. The SMILES string of the molecule is CC1CCN(C(=O)Cn2c(C3CC3)c(C3CCCCC3)c3ccc(C(=O)NC4(C(=O)Nc5ccc(/C=C/C(=O)O)cc5)CCCC4)cc32)CC1. The van der Waals surface area contributed by atoms with E-state index in [1.54, 1.807) is 24.3 Å². The van der Waals surface area contributed by atoms with Gasteiger partial charge >= 0.3 is 5.97 Å². The molecular formula is C41H50N4O5. The van der Waals surface area contributed by atoms with E-state index < -0.39 is 11.5 Å². The number of hydrogen-bond donors (Lipinski definition) is 3. The van der Waals surface area contributed by atoms with E-state index in [2.05, 4.69) is 28.2 Å². The number of carbonyl (C=O) groups is 4. The van der Waals surface area contributed by atoms with Crippen LogP contribution in [0.5, 0.6) is 0 Å². The molecule has 0 spiro atoms. The number of hydrogen-bond acceptors (Lipinski definition) is 4. The zero-order chi connectivity index (χ0) is 34.8. The van der Waals surface area contributed by atoms with Gasteiger partial charge in [0.2, 0.25) is 11.8 Å². The largest absolute Gasteiger partial charge is 0.478 e. The van der Waals surface area contributed by atoms with E-state index in [9.17, 15) is 19.2 Å². The highest BCUT2D eigenvalue weighted by atomic mass is 16.4. The highest BCUT2D eigenvalue weighted by molar-refractivity contribution is 6.05. The molecule has 3 N–H and O–H groups in total. The average Bonchev–Trinajstić information content (AvgIpc) is 3.77. The second kappa shape index (κ2) is 14.4. The average molecular weight is 679 g/mol. The molecule has 3 aromatic rings. The molecule has 3 saturated carbocycles. The Morgan fingerprint density at radius 2 is 1.56 bits per heavy atom. The Hall–Kier alpha value is -4.40. The number of aliphatic carboxylic acids is 1. The molecule has 9 heteroatoms. The van der Waals surface area contributed by atoms with Crippen LogP contribution in [0, 0.1) is 5.92 Å². The highest BCUT2D eigenvalue weighted by Gasteiger charge is 2.43. The number of piperidine rings is 1. The molecule has 0 bridgehead atoms. The summed E-state index contributed by atoms with van der Waals surface area (Å²) >= 11 is 0. The van der Waals surface area contributed by atoms with Crippen molar-refractivity contribution in [1.82, 2.24) is 14.8 Å². The molecule has 2 heterocycles. The molecule has 1 aromatic heterocycles. The third-order valence-corrected chi connectivity index (χ3v) is 11.6. The van der Waals surface area contributed by atoms with Gasteiger partial charge < -0.3 is 25.2 Å². The molecule has 3 aliphatic carbocycles. The van der Waals surface area contributed by atoms with Gasteiger partial charge in [0.1, 0.15) is 12.1 Å². The number of nitrogens with one attached hydrogen (secondary N) is 2. The first-order valence-electron chi connectivity index (χ1n) is 18.8. The molecule has 50 heavy (non-hydrogen) atoms. The number of likely N-dealkylation sites (tertiary alicyclic amines) is 1. The molecular weight excluding hydrogens is 628 g/mol. The van der Waals surface area contributed by atoms with E-state index in [4.69, 9.17) is 5.11 Å². The Balaban J connectivity index is 1.17. The van der Waals surface area contributed by atoms with E-state index in [0.29, 0.717) is 54.0 Å². The van der Waals surface area contributed by atoms with Gasteiger partial charge in [-0.1, -0.05) is 57.2 Å². The van der Waals surface area contributed by atoms with E-state index >= 15 is 0 Å². The first kappa shape index (κ1) is 34.1. The lowest BCUT2D eigenvalue weighted by Gasteiger charge is -2.31. The van der Waals surface area contributed by atoms with Crippen molar-refractivity contribution >= 4 is 46.4 Å². The molecule has 0 atom stereocenters. The minimum absolute atomic E-state index is 0.160. The van der Waals surface area contributed by atoms with E-state index in [1.165, 1.54) is 54.8 Å². The van der Waals surface area contributed by atoms with Crippen molar-refractivity contribution in [2.45, 2.75) is 114 Å². The molecule has 0 unspecified atom stereocenters. The van der Waals surface area contributed by atoms with Gasteiger partial charge in [0.25, 0.3) is 5.91 Å². The molecule has 264 valence electrons. The molecule has 9 nitrogen and oxygen atoms in total. The Labute approximate surface area is 294 Å². The normalized spacial score (nSPS) is 20.0. The van der Waals surface area contributed by atoms with Crippen molar-refractivity contribution in [2.75, 3.05) is 18.4 Å². The molecule has 4 aliphatic rings. The van der Waals surface area contributed by atoms with Crippen LogP contribution in [0.2, 0.25) is 0 Å². The number of carboxylic acids is 1. The van der Waals surface area contributed by atoms with Crippen LogP contribution in [-0.4, -0.2) is 56.9 Å². The van der Waals surface area contributed by atoms with Crippen molar-refractivity contribution in [3.05, 3.63) is 70.9 Å². The van der Waals surface area contributed by atoms with Crippen molar-refractivity contribution in [1.29, 1.82) is 0 Å². The van der Waals surface area contributed by atoms with Crippen LogP contribution in [0.15, 0.2) is 48.5 Å². The van der Waals surface area contributed by atoms with Gasteiger partial charge in [-0.15, -0.1) is 0 Å². The maximum absolute atomic E-state index is 14.1. The summed E-state index contributed by atoms with van der Waals surface area (Å²) in [6, 6.07) is 12.9. The minimum Gasteiger partial charge on any atom is -0.478 e. The van der Waals surface area contributed by atoms with Gasteiger partial charge in [-0.2, -0.15) is 0 Å². The molecule has 4 fully saturated rings. The lowest BCUT2D eigenvalue weighted by Crippen LogP contribution is -2.55. The Morgan fingerprint density at radius 1 is 0.860 bits per heavy atom. The van der Waals surface area contributed by atoms with Crippen LogP contribution in [0.1, 0.15) is 129 Å². The van der Waals surface area contributed by atoms with Gasteiger partial charge in [0.15, 0.2) is 0 Å². The third kappa shape index (κ3) is 7.23. The molecule has 3 amide bonds. The number of aromatic nitrogens is 1. The number of benzene rings is 2. The Bertz CT molecular complexity index is 1780. The summed E-state index contributed by atoms with van der Waals surface area (Å²) in [6.07, 6.45) is 15.7. The number of carbonyl (C=O) groups excluding carboxylic acids is 3. The summed E-state index contributed by atoms with van der Waals surface area (Å²) in [5.41, 5.74) is 4.44. The lowest BCUT2D eigenvalue weighted by molar-refractivity contribution is -0.133. The first-order chi connectivity index (χ1) is 24.2. The summed E-state index contributed by atoms with van der Waals surface area (Å²) in [4.78, 5) is 54.6. The number of nitrogens with zero attached hydrogens (tertiary/aromatic N) is 2. The van der Waals surface area contributed by atoms with Crippen LogP contribution in [0.25, 0.3) is 17.0 Å². The number of carboxylic acid groups (broad SMARTS) is 1. The quantitative estimate of drug-likeness (QED) is 0.191. The van der Waals surface area contributed by atoms with Crippen molar-refractivity contribution in [3.8, 4) is 0 Å². The first-order valence-corrected chi connectivity index (χ1v) is 18.8. The molecule has 2 aromatic carbocycles. The number of rotatable bonds is 10. The summed E-state index contributed by atoms with van der Waals surface area (Å²) in [7, 11) is 0. The maximum Gasteiger partial charge on any atom is 0.328 e. The predicted octanol–water partition coefficient (Wildman–Crippen LogP) is 7.60. The van der Waals surface area contributed by atoms with Gasteiger partial charge in [-0.05, 0) is 111 Å². The van der Waals surface area contributed by atoms with Gasteiger partial charge in [0, 0.05) is 47.0 Å². The second-order valence-electron chi connectivity index (χ2n) is 15.3. The van der Waals surface area contributed by atoms with E-state index in [0.717, 1.165) is 63.2 Å². The minimum atomic E-state index is -1.04. The standard InChI is InChI=1S/C41H50N4O5/c1-27-19-23-44(24-20-27)35(46)26-45-34-25-31(14-17-33(34)37(38(45)30-12-13-30)29-7-3-2-4-8-29)39(49)43-41(21-5-6-22-41)40(50)42-32-15-9-28(10-16-32)11-18-36(47)48/h9-11,14-18,25,27,29-30H,2-8,12-13,19-24,26H2,1H3,(H,42,50)(H,43,49)(H,47,48)/b18-11+. The van der Waals surface area contributed by atoms with Crippen LogP contribution < -0.4 is 10.6 Å². The fourth-order valence-electron chi connectivity index (χ4n) is 8.59. The van der Waals surface area contributed by atoms with E-state index in [1.807, 2.05) is 17.0 Å². The van der Waals surface area contributed by atoms with Gasteiger partial charge in [0.05, 0.1) is 0 Å². The summed E-state index contributed by atoms with van der Waals surface area (Å²) < 4.78 is 2.27.